The monoisotopic (exact) mass is 521 g/mol. The van der Waals surface area contributed by atoms with Crippen LogP contribution in [0.15, 0.2) is 48.6 Å². The maximum Gasteiger partial charge on any atom is 0.249 e. The SMILES string of the molecule is CC/C=C/CC/C=C/CC/C=C/CCCC(O)C(O)C(CO)NC(=O)C(O)CC/C=C\CCCCCC. The molecule has 0 fully saturated rings. The van der Waals surface area contributed by atoms with E-state index in [0.717, 1.165) is 51.4 Å². The van der Waals surface area contributed by atoms with E-state index in [2.05, 4.69) is 61.7 Å². The lowest BCUT2D eigenvalue weighted by molar-refractivity contribution is -0.132. The molecule has 0 bridgehead atoms. The van der Waals surface area contributed by atoms with Gasteiger partial charge in [0.1, 0.15) is 12.2 Å². The molecule has 0 radical (unpaired) electrons. The van der Waals surface area contributed by atoms with Gasteiger partial charge in [0.05, 0.1) is 18.8 Å². The van der Waals surface area contributed by atoms with Gasteiger partial charge in [-0.3, -0.25) is 4.79 Å². The number of aliphatic hydroxyl groups is 4. The lowest BCUT2D eigenvalue weighted by atomic mass is 10.0. The lowest BCUT2D eigenvalue weighted by Gasteiger charge is -2.27. The largest absolute Gasteiger partial charge is 0.394 e. The van der Waals surface area contributed by atoms with Crippen molar-refractivity contribution in [1.82, 2.24) is 5.32 Å². The molecule has 0 heterocycles. The van der Waals surface area contributed by atoms with E-state index in [1.54, 1.807) is 0 Å². The number of allylic oxidation sites excluding steroid dienone is 8. The molecule has 0 aliphatic heterocycles. The second-order valence-corrected chi connectivity index (χ2v) is 9.68. The molecule has 0 saturated carbocycles. The molecule has 0 aromatic heterocycles. The van der Waals surface area contributed by atoms with E-state index >= 15 is 0 Å². The third-order valence-corrected chi connectivity index (χ3v) is 6.24. The highest BCUT2D eigenvalue weighted by atomic mass is 16.3. The van der Waals surface area contributed by atoms with Gasteiger partial charge in [-0.2, -0.15) is 0 Å². The summed E-state index contributed by atoms with van der Waals surface area (Å²) in [6.45, 7) is 3.80. The van der Waals surface area contributed by atoms with Crippen LogP contribution in [0.25, 0.3) is 0 Å². The van der Waals surface area contributed by atoms with Crippen molar-refractivity contribution < 1.29 is 25.2 Å². The Balaban J connectivity index is 4.10. The first kappa shape index (κ1) is 35.3. The molecule has 214 valence electrons. The number of carbonyl (C=O) groups excluding carboxylic acids is 1. The van der Waals surface area contributed by atoms with E-state index in [1.807, 2.05) is 6.08 Å². The molecule has 6 heteroatoms. The Kier molecular flexibility index (Phi) is 24.7. The fourth-order valence-corrected chi connectivity index (χ4v) is 3.85. The molecule has 0 aromatic rings. The molecular formula is C31H55NO5. The predicted molar refractivity (Wildman–Crippen MR) is 154 cm³/mol. The lowest BCUT2D eigenvalue weighted by Crippen LogP contribution is -2.53. The number of amides is 1. The standard InChI is InChI=1S/C31H55NO5/c1-3-5-7-9-11-13-14-15-16-17-19-20-22-24-28(34)30(36)27(26-33)32-31(37)29(35)25-23-21-18-12-10-8-6-4-2/h5,7,13-14,17-19,21,27-30,33-36H,3-4,6,8-12,15-16,20,22-26H2,1-2H3,(H,32,37)/b7-5+,14-13+,19-17+,21-18-. The van der Waals surface area contributed by atoms with Crippen LogP contribution in [0.2, 0.25) is 0 Å². The topological polar surface area (TPSA) is 110 Å². The van der Waals surface area contributed by atoms with Crippen molar-refractivity contribution in [1.29, 1.82) is 0 Å². The highest BCUT2D eigenvalue weighted by Crippen LogP contribution is 2.11. The van der Waals surface area contributed by atoms with Crippen molar-refractivity contribution in [3.8, 4) is 0 Å². The molecule has 0 aliphatic carbocycles. The second kappa shape index (κ2) is 25.9. The van der Waals surface area contributed by atoms with Crippen LogP contribution >= 0.6 is 0 Å². The zero-order valence-corrected chi connectivity index (χ0v) is 23.4. The van der Waals surface area contributed by atoms with Crippen molar-refractivity contribution in [3.63, 3.8) is 0 Å². The van der Waals surface area contributed by atoms with Crippen LogP contribution in [-0.4, -0.2) is 57.3 Å². The van der Waals surface area contributed by atoms with Gasteiger partial charge < -0.3 is 25.7 Å². The first-order chi connectivity index (χ1) is 18.0. The van der Waals surface area contributed by atoms with Gasteiger partial charge in [-0.05, 0) is 77.0 Å². The van der Waals surface area contributed by atoms with E-state index < -0.39 is 36.9 Å². The van der Waals surface area contributed by atoms with Crippen LogP contribution in [0.4, 0.5) is 0 Å². The summed E-state index contributed by atoms with van der Waals surface area (Å²) < 4.78 is 0. The normalized spacial score (nSPS) is 15.7. The number of hydrogen-bond donors (Lipinski definition) is 5. The quantitative estimate of drug-likeness (QED) is 0.0831. The fourth-order valence-electron chi connectivity index (χ4n) is 3.85. The Morgan fingerprint density at radius 2 is 1.22 bits per heavy atom. The first-order valence-corrected chi connectivity index (χ1v) is 14.5. The van der Waals surface area contributed by atoms with Crippen molar-refractivity contribution >= 4 is 5.91 Å². The number of nitrogens with one attached hydrogen (secondary N) is 1. The fraction of sp³-hybridized carbons (Fsp3) is 0.710. The van der Waals surface area contributed by atoms with E-state index in [4.69, 9.17) is 0 Å². The van der Waals surface area contributed by atoms with E-state index in [9.17, 15) is 25.2 Å². The summed E-state index contributed by atoms with van der Waals surface area (Å²) in [7, 11) is 0. The van der Waals surface area contributed by atoms with Crippen LogP contribution in [-0.2, 0) is 4.79 Å². The van der Waals surface area contributed by atoms with Gasteiger partial charge in [-0.25, -0.2) is 0 Å². The first-order valence-electron chi connectivity index (χ1n) is 14.5. The minimum absolute atomic E-state index is 0.270. The summed E-state index contributed by atoms with van der Waals surface area (Å²) in [4.78, 5) is 12.3. The second-order valence-electron chi connectivity index (χ2n) is 9.68. The Morgan fingerprint density at radius 3 is 1.78 bits per heavy atom. The minimum Gasteiger partial charge on any atom is -0.394 e. The average Bonchev–Trinajstić information content (AvgIpc) is 2.90. The molecule has 4 atom stereocenters. The molecular weight excluding hydrogens is 466 g/mol. The number of carbonyl (C=O) groups is 1. The zero-order valence-electron chi connectivity index (χ0n) is 23.4. The van der Waals surface area contributed by atoms with Crippen molar-refractivity contribution in [3.05, 3.63) is 48.6 Å². The third kappa shape index (κ3) is 21.0. The number of rotatable bonds is 24. The Hall–Kier alpha value is -1.73. The summed E-state index contributed by atoms with van der Waals surface area (Å²) in [6.07, 6.45) is 27.2. The third-order valence-electron chi connectivity index (χ3n) is 6.24. The highest BCUT2D eigenvalue weighted by molar-refractivity contribution is 5.80. The number of aliphatic hydroxyl groups excluding tert-OH is 4. The molecule has 5 N–H and O–H groups in total. The molecule has 0 spiro atoms. The van der Waals surface area contributed by atoms with Crippen LogP contribution in [0.5, 0.6) is 0 Å². The Labute approximate surface area is 226 Å². The molecule has 4 unspecified atom stereocenters. The average molecular weight is 522 g/mol. The van der Waals surface area contributed by atoms with Crippen LogP contribution in [0.3, 0.4) is 0 Å². The van der Waals surface area contributed by atoms with E-state index in [0.29, 0.717) is 19.3 Å². The van der Waals surface area contributed by atoms with Gasteiger partial charge in [0.15, 0.2) is 0 Å². The van der Waals surface area contributed by atoms with E-state index in [1.165, 1.54) is 19.3 Å². The van der Waals surface area contributed by atoms with Crippen LogP contribution < -0.4 is 5.32 Å². The van der Waals surface area contributed by atoms with Crippen molar-refractivity contribution in [2.24, 2.45) is 0 Å². The molecule has 37 heavy (non-hydrogen) atoms. The molecule has 0 aliphatic rings. The zero-order chi connectivity index (χ0) is 27.6. The summed E-state index contributed by atoms with van der Waals surface area (Å²) in [5.74, 6) is -0.643. The Bertz CT molecular complexity index is 644. The van der Waals surface area contributed by atoms with Gasteiger partial charge in [0, 0.05) is 0 Å². The molecule has 6 nitrogen and oxygen atoms in total. The van der Waals surface area contributed by atoms with Gasteiger partial charge >= 0.3 is 0 Å². The maximum atomic E-state index is 12.3. The van der Waals surface area contributed by atoms with Crippen molar-refractivity contribution in [2.75, 3.05) is 6.61 Å². The van der Waals surface area contributed by atoms with Gasteiger partial charge in [-0.15, -0.1) is 0 Å². The Morgan fingerprint density at radius 1 is 0.676 bits per heavy atom. The van der Waals surface area contributed by atoms with Crippen LogP contribution in [0, 0.1) is 0 Å². The maximum absolute atomic E-state index is 12.3. The van der Waals surface area contributed by atoms with Gasteiger partial charge in [-0.1, -0.05) is 81.7 Å². The molecule has 0 rings (SSSR count). The summed E-state index contributed by atoms with van der Waals surface area (Å²) in [5, 5.41) is 42.9. The number of unbranched alkanes of at least 4 members (excludes halogenated alkanes) is 7. The molecule has 1 amide bonds. The summed E-state index contributed by atoms with van der Waals surface area (Å²) >= 11 is 0. The smallest absolute Gasteiger partial charge is 0.249 e. The summed E-state index contributed by atoms with van der Waals surface area (Å²) in [6, 6.07) is -1.02. The molecule has 0 saturated heterocycles. The summed E-state index contributed by atoms with van der Waals surface area (Å²) in [5.41, 5.74) is 0. The predicted octanol–water partition coefficient (Wildman–Crippen LogP) is 5.66. The highest BCUT2D eigenvalue weighted by Gasteiger charge is 2.28. The van der Waals surface area contributed by atoms with Gasteiger partial charge in [0.2, 0.25) is 5.91 Å². The minimum atomic E-state index is -1.30. The van der Waals surface area contributed by atoms with Crippen LogP contribution in [0.1, 0.15) is 110 Å². The van der Waals surface area contributed by atoms with Gasteiger partial charge in [0.25, 0.3) is 0 Å². The van der Waals surface area contributed by atoms with E-state index in [-0.39, 0.29) is 6.42 Å². The number of hydrogen-bond acceptors (Lipinski definition) is 5. The van der Waals surface area contributed by atoms with Crippen molar-refractivity contribution in [2.45, 2.75) is 135 Å². The molecule has 0 aromatic carbocycles.